The van der Waals surface area contributed by atoms with Crippen molar-refractivity contribution in [2.75, 3.05) is 26.6 Å². The minimum Gasteiger partial charge on any atom is -0.497 e. The zero-order chi connectivity index (χ0) is 30.5. The highest BCUT2D eigenvalue weighted by atomic mass is 32.1. The summed E-state index contributed by atoms with van der Waals surface area (Å²) in [5, 5.41) is 18.8. The van der Waals surface area contributed by atoms with Crippen LogP contribution in [-0.4, -0.2) is 52.4 Å². The Bertz CT molecular complexity index is 1820. The summed E-state index contributed by atoms with van der Waals surface area (Å²) in [7, 11) is 4.65. The number of aromatic nitrogens is 5. The van der Waals surface area contributed by atoms with E-state index in [0.29, 0.717) is 46.6 Å². The van der Waals surface area contributed by atoms with E-state index in [2.05, 4.69) is 42.9 Å². The second-order valence-electron chi connectivity index (χ2n) is 10.2. The highest BCUT2D eigenvalue weighted by Gasteiger charge is 2.23. The van der Waals surface area contributed by atoms with Crippen molar-refractivity contribution in [3.63, 3.8) is 0 Å². The van der Waals surface area contributed by atoms with Crippen LogP contribution in [0, 0.1) is 11.8 Å². The molecule has 3 aromatic carbocycles. The Kier molecular flexibility index (Phi) is 8.52. The minimum atomic E-state index is -0.334. The number of amides is 1. The molecule has 1 aliphatic rings. The number of benzene rings is 3. The lowest BCUT2D eigenvalue weighted by molar-refractivity contribution is 0.102. The number of hydrogen-bond donors (Lipinski definition) is 1. The Morgan fingerprint density at radius 1 is 1.00 bits per heavy atom. The molecule has 5 aromatic rings. The molecule has 0 unspecified atom stereocenters. The van der Waals surface area contributed by atoms with Crippen molar-refractivity contribution in [2.24, 2.45) is 0 Å². The third-order valence-corrected chi connectivity index (χ3v) is 8.18. The number of nitrogens with one attached hydrogen (secondary N) is 1. The molecule has 0 aliphatic heterocycles. The third-order valence-electron chi connectivity index (χ3n) is 7.41. The van der Waals surface area contributed by atoms with Crippen molar-refractivity contribution in [3.8, 4) is 40.5 Å². The number of carbonyl (C=O) groups is 1. The third kappa shape index (κ3) is 6.40. The van der Waals surface area contributed by atoms with Gasteiger partial charge in [0.1, 0.15) is 22.8 Å². The first-order valence-corrected chi connectivity index (χ1v) is 15.0. The molecule has 6 rings (SSSR count). The van der Waals surface area contributed by atoms with Crippen molar-refractivity contribution < 1.29 is 19.0 Å². The molecule has 2 aromatic heterocycles. The van der Waals surface area contributed by atoms with Gasteiger partial charge >= 0.3 is 0 Å². The predicted molar refractivity (Wildman–Crippen MR) is 168 cm³/mol. The maximum atomic E-state index is 13.3. The molecule has 1 saturated carbocycles. The fraction of sp³-hybridized carbons (Fsp3) is 0.242. The fourth-order valence-electron chi connectivity index (χ4n) is 4.81. The molecule has 0 spiro atoms. The molecule has 1 aliphatic carbocycles. The molecule has 11 heteroatoms. The van der Waals surface area contributed by atoms with Gasteiger partial charge in [-0.25, -0.2) is 4.98 Å². The summed E-state index contributed by atoms with van der Waals surface area (Å²) in [5.41, 5.74) is 4.36. The number of rotatable bonds is 9. The normalized spacial score (nSPS) is 12.5. The second kappa shape index (κ2) is 13.0. The van der Waals surface area contributed by atoms with Gasteiger partial charge in [0.15, 0.2) is 5.01 Å². The lowest BCUT2D eigenvalue weighted by atomic mass is 9.83. The number of nitrogens with zero attached hydrogens (tertiary/aromatic N) is 5. The van der Waals surface area contributed by atoms with Gasteiger partial charge in [0.2, 0.25) is 5.82 Å². The summed E-state index contributed by atoms with van der Waals surface area (Å²) in [6.45, 7) is 0.414. The average Bonchev–Trinajstić information content (AvgIpc) is 3.68. The van der Waals surface area contributed by atoms with E-state index in [0.717, 1.165) is 27.6 Å². The first kappa shape index (κ1) is 28.9. The summed E-state index contributed by atoms with van der Waals surface area (Å²) >= 11 is 1.57. The lowest BCUT2D eigenvalue weighted by Gasteiger charge is -2.22. The molecule has 1 fully saturated rings. The lowest BCUT2D eigenvalue weighted by Crippen LogP contribution is -2.13. The number of tetrazole rings is 1. The van der Waals surface area contributed by atoms with Gasteiger partial charge in [-0.3, -0.25) is 4.79 Å². The average molecular weight is 607 g/mol. The van der Waals surface area contributed by atoms with E-state index in [-0.39, 0.29) is 5.91 Å². The zero-order valence-corrected chi connectivity index (χ0v) is 25.4. The minimum absolute atomic E-state index is 0.311. The van der Waals surface area contributed by atoms with Crippen molar-refractivity contribution >= 4 is 22.9 Å². The maximum absolute atomic E-state index is 13.3. The number of thiazole rings is 1. The smallest absolute Gasteiger partial charge is 0.255 e. The Labute approximate surface area is 259 Å². The number of anilines is 1. The molecule has 0 bridgehead atoms. The molecule has 1 N–H and O–H groups in total. The molecule has 0 atom stereocenters. The van der Waals surface area contributed by atoms with E-state index in [4.69, 9.17) is 14.2 Å². The number of carbonyl (C=O) groups excluding carboxylic acids is 1. The van der Waals surface area contributed by atoms with Crippen LogP contribution in [0.15, 0.2) is 66.0 Å². The van der Waals surface area contributed by atoms with Crippen LogP contribution in [0.4, 0.5) is 5.69 Å². The van der Waals surface area contributed by atoms with Gasteiger partial charge < -0.3 is 19.5 Å². The monoisotopic (exact) mass is 606 g/mol. The molecule has 2 heterocycles. The number of ether oxygens (including phenoxy) is 3. The van der Waals surface area contributed by atoms with Crippen molar-refractivity contribution in [2.45, 2.75) is 31.7 Å². The highest BCUT2D eigenvalue weighted by Crippen LogP contribution is 2.38. The summed E-state index contributed by atoms with van der Waals surface area (Å²) in [5.74, 6) is 8.41. The van der Waals surface area contributed by atoms with Crippen LogP contribution in [0.25, 0.3) is 11.4 Å². The molecule has 10 nitrogen and oxygen atoms in total. The van der Waals surface area contributed by atoms with Crippen LogP contribution < -0.4 is 19.5 Å². The summed E-state index contributed by atoms with van der Waals surface area (Å²) < 4.78 is 16.5. The van der Waals surface area contributed by atoms with E-state index in [9.17, 15) is 4.79 Å². The van der Waals surface area contributed by atoms with Gasteiger partial charge in [-0.15, -0.1) is 21.5 Å². The largest absolute Gasteiger partial charge is 0.497 e. The van der Waals surface area contributed by atoms with Crippen LogP contribution in [0.5, 0.6) is 17.2 Å². The molecule has 0 radical (unpaired) electrons. The molecule has 44 heavy (non-hydrogen) atoms. The Hall–Kier alpha value is -5.21. The van der Waals surface area contributed by atoms with Gasteiger partial charge in [-0.05, 0) is 72.0 Å². The van der Waals surface area contributed by atoms with Crippen molar-refractivity contribution in [1.29, 1.82) is 0 Å². The molecule has 0 saturated heterocycles. The van der Waals surface area contributed by atoms with Crippen molar-refractivity contribution in [3.05, 3.63) is 93.4 Å². The van der Waals surface area contributed by atoms with Crippen LogP contribution in [-0.2, 0) is 6.54 Å². The van der Waals surface area contributed by atoms with Gasteiger partial charge in [0.05, 0.1) is 33.6 Å². The van der Waals surface area contributed by atoms with E-state index in [1.165, 1.54) is 38.3 Å². The summed E-state index contributed by atoms with van der Waals surface area (Å²) in [6, 6.07) is 18.3. The summed E-state index contributed by atoms with van der Waals surface area (Å²) in [6.07, 6.45) is 3.70. The molecule has 1 amide bonds. The van der Waals surface area contributed by atoms with Gasteiger partial charge in [-0.2, -0.15) is 4.80 Å². The van der Waals surface area contributed by atoms with E-state index in [1.54, 1.807) is 30.6 Å². The summed E-state index contributed by atoms with van der Waals surface area (Å²) in [4.78, 5) is 19.5. The first-order valence-electron chi connectivity index (χ1n) is 14.1. The zero-order valence-electron chi connectivity index (χ0n) is 24.5. The Morgan fingerprint density at radius 2 is 1.77 bits per heavy atom. The predicted octanol–water partition coefficient (Wildman–Crippen LogP) is 5.79. The molecule has 222 valence electrons. The number of hydrogen-bond acceptors (Lipinski definition) is 9. The van der Waals surface area contributed by atoms with Gasteiger partial charge in [-0.1, -0.05) is 30.5 Å². The van der Waals surface area contributed by atoms with E-state index >= 15 is 0 Å². The Balaban J connectivity index is 1.18. The second-order valence-corrected chi connectivity index (χ2v) is 11.1. The van der Waals surface area contributed by atoms with Gasteiger partial charge in [0.25, 0.3) is 5.91 Å². The first-order chi connectivity index (χ1) is 21.5. The molecular formula is C33H30N6O4S. The fourth-order valence-corrected chi connectivity index (χ4v) is 5.55. The van der Waals surface area contributed by atoms with Crippen molar-refractivity contribution in [1.82, 2.24) is 25.2 Å². The van der Waals surface area contributed by atoms with Crippen LogP contribution >= 0.6 is 11.3 Å². The molecular weight excluding hydrogens is 576 g/mol. The van der Waals surface area contributed by atoms with Crippen LogP contribution in [0.1, 0.15) is 57.4 Å². The Morgan fingerprint density at radius 3 is 2.45 bits per heavy atom. The standard InChI is InChI=1S/C33H30N6O4S/c1-41-26-13-10-22(11-14-26)19-39-37-32(36-38-39)31-28(42-2)17-24(18-29(31)43-3)33(40)34-25-9-4-6-21(16-25)12-15-30-35-27(20-44-30)23-7-5-8-23/h4,6,9-11,13-14,16-18,20,23H,5,7-8,19H2,1-3H3,(H,34,40). The quantitative estimate of drug-likeness (QED) is 0.210. The topological polar surface area (TPSA) is 113 Å². The van der Waals surface area contributed by atoms with Gasteiger partial charge in [0, 0.05) is 28.1 Å². The van der Waals surface area contributed by atoms with Crippen LogP contribution in [0.2, 0.25) is 0 Å². The highest BCUT2D eigenvalue weighted by molar-refractivity contribution is 7.10. The maximum Gasteiger partial charge on any atom is 0.255 e. The SMILES string of the molecule is COc1ccc(Cn2nnc(-c3c(OC)cc(C(=O)Nc4cccc(C#Cc5nc(C6CCC6)cs5)c4)cc3OC)n2)cc1. The van der Waals surface area contributed by atoms with Crippen LogP contribution in [0.3, 0.4) is 0 Å². The van der Waals surface area contributed by atoms with E-state index in [1.807, 2.05) is 48.5 Å². The van der Waals surface area contributed by atoms with E-state index < -0.39 is 0 Å². The number of methoxy groups -OCH3 is 3.